The van der Waals surface area contributed by atoms with Crippen molar-refractivity contribution in [3.8, 4) is 89.3 Å². The first kappa shape index (κ1) is 91.1. The molecule has 0 saturated heterocycles. The molecule has 1 aliphatic heterocycles. The number of hydrogen-bond acceptors (Lipinski definition) is 9. The molecule has 6 heterocycles. The van der Waals surface area contributed by atoms with Crippen LogP contribution in [-0.4, -0.2) is 24.9 Å². The highest BCUT2D eigenvalue weighted by atomic mass is 15.2. The number of rotatable bonds is 16. The second-order valence-corrected chi connectivity index (χ2v) is 37.5. The van der Waals surface area contributed by atoms with E-state index in [2.05, 4.69) is 520 Å². The molecule has 0 N–H and O–H groups in total. The maximum Gasteiger partial charge on any atom is 0.0703 e. The molecule has 0 amide bonds. The number of hydrogen-bond donors (Lipinski definition) is 0. The minimum Gasteiger partial charge on any atom is -0.310 e. The van der Waals surface area contributed by atoms with Crippen LogP contribution < -0.4 is 19.6 Å². The fourth-order valence-corrected chi connectivity index (χ4v) is 21.1. The van der Waals surface area contributed by atoms with Gasteiger partial charge in [-0.15, -0.1) is 0 Å². The summed E-state index contributed by atoms with van der Waals surface area (Å²) in [4.78, 5) is 32.0. The van der Waals surface area contributed by atoms with Gasteiger partial charge in [0.25, 0.3) is 0 Å². The lowest BCUT2D eigenvalue weighted by Gasteiger charge is -2.27. The summed E-state index contributed by atoms with van der Waals surface area (Å²) in [6.45, 7) is 0. The Labute approximate surface area is 871 Å². The van der Waals surface area contributed by atoms with Crippen LogP contribution in [0.3, 0.4) is 0 Å². The average molecular weight is 1920 g/mol. The molecule has 28 rings (SSSR count). The molecule has 9 nitrogen and oxygen atoms in total. The monoisotopic (exact) mass is 1920 g/mol. The van der Waals surface area contributed by atoms with E-state index >= 15 is 0 Å². The molecule has 150 heavy (non-hydrogen) atoms. The van der Waals surface area contributed by atoms with E-state index in [0.29, 0.717) is 0 Å². The highest BCUT2D eigenvalue weighted by Gasteiger charge is 2.28. The molecule has 9 heteroatoms. The lowest BCUT2D eigenvalue weighted by atomic mass is 9.95. The van der Waals surface area contributed by atoms with Gasteiger partial charge >= 0.3 is 0 Å². The Bertz CT molecular complexity index is 9350. The topological polar surface area (TPSA) is 77.4 Å². The van der Waals surface area contributed by atoms with Gasteiger partial charge in [0.1, 0.15) is 0 Å². The summed E-state index contributed by atoms with van der Waals surface area (Å²) in [7, 11) is 0. The van der Waals surface area contributed by atoms with E-state index in [-0.39, 0.29) is 0 Å². The maximum absolute atomic E-state index is 4.84. The van der Waals surface area contributed by atoms with E-state index in [1.165, 1.54) is 137 Å². The van der Waals surface area contributed by atoms with E-state index in [1.54, 1.807) is 0 Å². The van der Waals surface area contributed by atoms with Gasteiger partial charge in [0.15, 0.2) is 0 Å². The van der Waals surface area contributed by atoms with Crippen LogP contribution in [0, 0.1) is 0 Å². The summed E-state index contributed by atoms with van der Waals surface area (Å²) in [5, 5.41) is 20.0. The minimum absolute atomic E-state index is 0.946. The van der Waals surface area contributed by atoms with Crippen LogP contribution in [0.15, 0.2) is 589 Å². The van der Waals surface area contributed by atoms with Crippen LogP contribution >= 0.6 is 0 Å². The normalized spacial score (nSPS) is 11.3. The summed E-state index contributed by atoms with van der Waals surface area (Å²) in [6, 6.07) is 192. The second kappa shape index (κ2) is 41.3. The van der Waals surface area contributed by atoms with Gasteiger partial charge in [-0.2, -0.15) is 0 Å². The molecule has 0 radical (unpaired) electrons. The van der Waals surface area contributed by atoms with E-state index in [0.717, 1.165) is 107 Å². The lowest BCUT2D eigenvalue weighted by molar-refractivity contribution is 1.20. The van der Waals surface area contributed by atoms with Gasteiger partial charge in [0.05, 0.1) is 46.5 Å². The standard InChI is InChI=1S/C37H26N2.2C36H25N3.C32H21N/c1-2-8-27(9-3-1)28-17-20-33(21-18-28)39(34-13-6-11-31(24-34)32-12-7-23-38-26-32)35-22-19-30-16-15-29-10-4-5-14-36(29)37(30)25-35;1-3-10-28(11-4-1)35-21-19-31(24-37-35)39(32-20-22-36(38-25-32)29-12-5-2-6-13-29)30-18-17-27-16-15-26-9-7-8-14-33(26)34(27)23-30;1-2-14-35-26(7-1)15-16-27-17-18-34(23-36(27)35)39(32-12-3-8-28(21-32)30-10-5-19-37-24-30)33-13-4-9-29(22-33)31-11-6-20-38-25-31;1-2-10-25-22(9-1)17-18-23-19-20-24(21-30(23)25)33-31-15-7-5-13-28(31)26-11-3-4-12-27(26)29-14-6-8-16-32(29)33/h1-26H;2*1-25H;1-21H. The van der Waals surface area contributed by atoms with Crippen LogP contribution in [0.25, 0.3) is 175 Å². The van der Waals surface area contributed by atoms with Crippen molar-refractivity contribution in [3.63, 3.8) is 0 Å². The van der Waals surface area contributed by atoms with Crippen molar-refractivity contribution in [1.82, 2.24) is 24.9 Å². The number of benzene rings is 22. The molecule has 0 fully saturated rings. The molecular weight excluding hydrogens is 1820 g/mol. The van der Waals surface area contributed by atoms with Crippen LogP contribution in [0.4, 0.5) is 68.2 Å². The number of pyridine rings is 5. The number of para-hydroxylation sites is 2. The molecule has 27 aromatic rings. The summed E-state index contributed by atoms with van der Waals surface area (Å²) < 4.78 is 0. The third-order valence-corrected chi connectivity index (χ3v) is 28.4. The fraction of sp³-hybridized carbons (Fsp3) is 0. The van der Waals surface area contributed by atoms with E-state index in [4.69, 9.17) is 9.97 Å². The predicted octanol–water partition coefficient (Wildman–Crippen LogP) is 38.5. The highest BCUT2D eigenvalue weighted by Crippen LogP contribution is 2.53. The SMILES string of the molecule is c1ccc(-c2ccc(N(c3ccc(-c4ccccc4)nc3)c3ccc4ccc5ccccc5c4c3)cn2)cc1.c1ccc(-c2ccc(N(c3cccc(-c4cccnc4)c3)c3ccc4ccc5ccccc5c4c3)cc2)cc1.c1ccc2c(c1)-c1ccccc1N(c1ccc3ccc4ccccc4c3c1)c1ccccc1-2.c1cncc(-c2cccc(N(c3cccc(-c4cccnc4)c3)c3ccc4ccc5ccccc5c4c3)c2)c1. The Morgan fingerprint density at radius 1 is 0.147 bits per heavy atom. The van der Waals surface area contributed by atoms with Gasteiger partial charge in [-0.1, -0.05) is 388 Å². The van der Waals surface area contributed by atoms with Crippen LogP contribution in [0.2, 0.25) is 0 Å². The lowest BCUT2D eigenvalue weighted by Crippen LogP contribution is -2.10. The molecule has 0 bridgehead atoms. The molecule has 1 aliphatic rings. The molecule has 0 aliphatic carbocycles. The first-order valence-corrected chi connectivity index (χ1v) is 50.7. The number of nitrogens with zero attached hydrogens (tertiary/aromatic N) is 9. The smallest absolute Gasteiger partial charge is 0.0703 e. The molecule has 22 aromatic carbocycles. The van der Waals surface area contributed by atoms with Crippen molar-refractivity contribution >= 4 is 154 Å². The minimum atomic E-state index is 0.946. The predicted molar refractivity (Wildman–Crippen MR) is 631 cm³/mol. The molecule has 0 spiro atoms. The Kier molecular flexibility index (Phi) is 25.1. The Morgan fingerprint density at radius 3 is 0.773 bits per heavy atom. The van der Waals surface area contributed by atoms with Crippen LogP contribution in [0.5, 0.6) is 0 Å². The van der Waals surface area contributed by atoms with Gasteiger partial charge in [-0.3, -0.25) is 24.9 Å². The van der Waals surface area contributed by atoms with Gasteiger partial charge in [-0.25, -0.2) is 0 Å². The van der Waals surface area contributed by atoms with Crippen molar-refractivity contribution in [2.24, 2.45) is 0 Å². The van der Waals surface area contributed by atoms with Crippen molar-refractivity contribution in [2.75, 3.05) is 19.6 Å². The van der Waals surface area contributed by atoms with E-state index in [9.17, 15) is 0 Å². The second-order valence-electron chi connectivity index (χ2n) is 37.5. The molecule has 0 atom stereocenters. The van der Waals surface area contributed by atoms with Crippen LogP contribution in [-0.2, 0) is 0 Å². The summed E-state index contributed by atoms with van der Waals surface area (Å²) in [5.41, 5.74) is 31.4. The summed E-state index contributed by atoms with van der Waals surface area (Å²) >= 11 is 0. The molecule has 0 unspecified atom stereocenters. The summed E-state index contributed by atoms with van der Waals surface area (Å²) in [6.07, 6.45) is 15.1. The first-order chi connectivity index (χ1) is 74.4. The Hall–Kier alpha value is -20.1. The Balaban J connectivity index is 0.000000104. The van der Waals surface area contributed by atoms with Crippen molar-refractivity contribution < 1.29 is 0 Å². The van der Waals surface area contributed by atoms with E-state index in [1.807, 2.05) is 104 Å². The van der Waals surface area contributed by atoms with Gasteiger partial charge in [0, 0.05) is 122 Å². The Morgan fingerprint density at radius 2 is 0.413 bits per heavy atom. The third-order valence-electron chi connectivity index (χ3n) is 28.4. The van der Waals surface area contributed by atoms with Gasteiger partial charge < -0.3 is 19.6 Å². The van der Waals surface area contributed by atoms with Gasteiger partial charge in [-0.05, 0) is 277 Å². The summed E-state index contributed by atoms with van der Waals surface area (Å²) in [5.74, 6) is 0. The third kappa shape index (κ3) is 18.6. The van der Waals surface area contributed by atoms with Crippen molar-refractivity contribution in [2.45, 2.75) is 0 Å². The first-order valence-electron chi connectivity index (χ1n) is 50.7. The molecular formula is C141H97N9. The van der Waals surface area contributed by atoms with Crippen molar-refractivity contribution in [3.05, 3.63) is 589 Å². The average Bonchev–Trinajstić information content (AvgIpc) is 1.59. The number of fused-ring (bicyclic) bond motifs is 17. The maximum atomic E-state index is 4.84. The van der Waals surface area contributed by atoms with Gasteiger partial charge in [0.2, 0.25) is 0 Å². The molecule has 706 valence electrons. The zero-order chi connectivity index (χ0) is 99.8. The van der Waals surface area contributed by atoms with E-state index < -0.39 is 0 Å². The molecule has 5 aromatic heterocycles. The zero-order valence-electron chi connectivity index (χ0n) is 82.0. The van der Waals surface area contributed by atoms with Crippen molar-refractivity contribution in [1.29, 1.82) is 0 Å². The number of aromatic nitrogens is 5. The zero-order valence-corrected chi connectivity index (χ0v) is 82.0. The fourth-order valence-electron chi connectivity index (χ4n) is 21.1. The quantitative estimate of drug-likeness (QED) is 0.0879. The number of anilines is 12. The largest absolute Gasteiger partial charge is 0.310 e. The van der Waals surface area contributed by atoms with Crippen LogP contribution in [0.1, 0.15) is 0 Å². The molecule has 0 saturated carbocycles. The highest BCUT2D eigenvalue weighted by molar-refractivity contribution is 6.14.